The molecule has 2 nitrogen and oxygen atoms in total. The lowest BCUT2D eigenvalue weighted by atomic mass is 10.0. The molecule has 0 heterocycles. The van der Waals surface area contributed by atoms with E-state index in [0.29, 0.717) is 0 Å². The molecule has 0 radical (unpaired) electrons. The lowest BCUT2D eigenvalue weighted by Gasteiger charge is -2.20. The number of nitrogens with zero attached hydrogens (tertiary/aromatic N) is 1. The highest BCUT2D eigenvalue weighted by Crippen LogP contribution is 2.29. The second kappa shape index (κ2) is 11.4. The van der Waals surface area contributed by atoms with Gasteiger partial charge in [-0.25, -0.2) is 4.90 Å². The molecule has 0 aliphatic heterocycles. The third kappa shape index (κ3) is 5.44. The molecule has 0 fully saturated rings. The van der Waals surface area contributed by atoms with Crippen molar-refractivity contribution in [1.29, 1.82) is 0 Å². The van der Waals surface area contributed by atoms with Crippen LogP contribution < -0.4 is 9.80 Å². The van der Waals surface area contributed by atoms with E-state index in [1.807, 2.05) is 0 Å². The standard InChI is InChI=1S/C38H32N2/c1-29-10-9-15-38(28-29)39(2)34-22-16-32(17-23-34)33-20-26-37(27-21-33)40(35-13-7-4-8-14-35)36-24-18-31(19-25-36)30-11-5-3-6-12-30/h3-28H,1-2H3/p+1. The van der Waals surface area contributed by atoms with Crippen molar-refractivity contribution in [3.8, 4) is 22.3 Å². The van der Waals surface area contributed by atoms with Gasteiger partial charge in [-0.05, 0) is 95.4 Å². The van der Waals surface area contributed by atoms with Crippen LogP contribution in [0.3, 0.4) is 0 Å². The van der Waals surface area contributed by atoms with E-state index in [4.69, 9.17) is 0 Å². The van der Waals surface area contributed by atoms with E-state index in [1.165, 1.54) is 61.2 Å². The van der Waals surface area contributed by atoms with Gasteiger partial charge in [0.1, 0.15) is 17.1 Å². The molecular weight excluding hydrogens is 484 g/mol. The van der Waals surface area contributed by atoms with Crippen molar-refractivity contribution in [3.05, 3.63) is 163 Å². The zero-order valence-corrected chi connectivity index (χ0v) is 23.0. The summed E-state index contributed by atoms with van der Waals surface area (Å²) < 4.78 is 0. The Hall–Kier alpha value is -4.92. The van der Waals surface area contributed by atoms with E-state index in [0.717, 1.165) is 0 Å². The predicted octanol–water partition coefficient (Wildman–Crippen LogP) is 9.28. The number of quaternary nitrogens is 1. The normalized spacial score (nSPS) is 11.7. The number of para-hydroxylation sites is 1. The average Bonchev–Trinajstić information content (AvgIpc) is 3.03. The summed E-state index contributed by atoms with van der Waals surface area (Å²) in [7, 11) is 2.12. The van der Waals surface area contributed by atoms with Gasteiger partial charge in [-0.2, -0.15) is 0 Å². The molecule has 0 bridgehead atoms. The van der Waals surface area contributed by atoms with Crippen molar-refractivity contribution >= 4 is 28.4 Å². The molecule has 0 aliphatic carbocycles. The van der Waals surface area contributed by atoms with Gasteiger partial charge < -0.3 is 4.90 Å². The third-order valence-electron chi connectivity index (χ3n) is 7.49. The van der Waals surface area contributed by atoms with Gasteiger partial charge >= 0.3 is 0 Å². The van der Waals surface area contributed by atoms with Crippen LogP contribution in [0.1, 0.15) is 5.56 Å². The summed E-state index contributed by atoms with van der Waals surface area (Å²) in [6.07, 6.45) is 0. The molecule has 0 spiro atoms. The summed E-state index contributed by atoms with van der Waals surface area (Å²) in [5.74, 6) is 0. The van der Waals surface area contributed by atoms with Crippen molar-refractivity contribution in [2.24, 2.45) is 0 Å². The summed E-state index contributed by atoms with van der Waals surface area (Å²) in [6, 6.07) is 56.5. The van der Waals surface area contributed by atoms with Crippen molar-refractivity contribution in [2.45, 2.75) is 6.92 Å². The van der Waals surface area contributed by atoms with Crippen molar-refractivity contribution < 1.29 is 4.90 Å². The van der Waals surface area contributed by atoms with E-state index < -0.39 is 0 Å². The quantitative estimate of drug-likeness (QED) is 0.222. The highest BCUT2D eigenvalue weighted by Gasteiger charge is 2.19. The second-order valence-electron chi connectivity index (χ2n) is 10.2. The molecule has 1 N–H and O–H groups in total. The number of benzene rings is 6. The van der Waals surface area contributed by atoms with Crippen molar-refractivity contribution in [3.63, 3.8) is 0 Å². The minimum Gasteiger partial charge on any atom is -0.345 e. The fourth-order valence-electron chi connectivity index (χ4n) is 5.26. The van der Waals surface area contributed by atoms with E-state index >= 15 is 0 Å². The van der Waals surface area contributed by atoms with Crippen LogP contribution in [0.5, 0.6) is 0 Å². The minimum absolute atomic E-state index is 1.17. The Kier molecular flexibility index (Phi) is 7.26. The molecule has 0 saturated carbocycles. The summed E-state index contributed by atoms with van der Waals surface area (Å²) in [6.45, 7) is 2.13. The van der Waals surface area contributed by atoms with Crippen molar-refractivity contribution in [2.75, 3.05) is 11.9 Å². The maximum absolute atomic E-state index is 2.25. The zero-order valence-electron chi connectivity index (χ0n) is 23.0. The Balaban J connectivity index is 1.27. The largest absolute Gasteiger partial charge is 0.345 e. The SMILES string of the molecule is Cc1cccc(N(C)c2ccc(-c3ccc([NH+](c4ccccc4)c4ccc(-c5ccccc5)cc4)cc3)cc2)c1. The average molecular weight is 518 g/mol. The first-order chi connectivity index (χ1) is 19.7. The van der Waals surface area contributed by atoms with Crippen LogP contribution in [-0.2, 0) is 0 Å². The van der Waals surface area contributed by atoms with E-state index in [2.05, 4.69) is 177 Å². The van der Waals surface area contributed by atoms with Crippen LogP contribution in [-0.4, -0.2) is 7.05 Å². The van der Waals surface area contributed by atoms with Gasteiger partial charge in [-0.15, -0.1) is 0 Å². The van der Waals surface area contributed by atoms with Crippen LogP contribution in [0, 0.1) is 6.92 Å². The molecule has 40 heavy (non-hydrogen) atoms. The van der Waals surface area contributed by atoms with Gasteiger partial charge in [0.25, 0.3) is 0 Å². The second-order valence-corrected chi connectivity index (χ2v) is 10.2. The van der Waals surface area contributed by atoms with Gasteiger partial charge in [-0.3, -0.25) is 0 Å². The van der Waals surface area contributed by atoms with Crippen LogP contribution >= 0.6 is 0 Å². The minimum atomic E-state index is 1.17. The molecule has 0 aromatic heterocycles. The molecule has 1 atom stereocenters. The molecular formula is C38H33N2+. The Morgan fingerprint density at radius 2 is 0.850 bits per heavy atom. The molecule has 0 aliphatic rings. The van der Waals surface area contributed by atoms with Crippen LogP contribution in [0.15, 0.2) is 158 Å². The zero-order chi connectivity index (χ0) is 27.3. The van der Waals surface area contributed by atoms with Gasteiger partial charge in [0, 0.05) is 42.7 Å². The first kappa shape index (κ1) is 25.4. The monoisotopic (exact) mass is 517 g/mol. The Morgan fingerprint density at radius 1 is 0.400 bits per heavy atom. The van der Waals surface area contributed by atoms with Gasteiger partial charge in [0.15, 0.2) is 0 Å². The number of hydrogen-bond acceptors (Lipinski definition) is 1. The van der Waals surface area contributed by atoms with Gasteiger partial charge in [-0.1, -0.05) is 72.8 Å². The van der Waals surface area contributed by atoms with Crippen LogP contribution in [0.2, 0.25) is 0 Å². The van der Waals surface area contributed by atoms with Crippen LogP contribution in [0.4, 0.5) is 28.4 Å². The number of nitrogens with one attached hydrogen (secondary N) is 1. The summed E-state index contributed by atoms with van der Waals surface area (Å²) in [5, 5.41) is 0. The van der Waals surface area contributed by atoms with Crippen LogP contribution in [0.25, 0.3) is 22.3 Å². The van der Waals surface area contributed by atoms with E-state index in [1.54, 1.807) is 0 Å². The number of rotatable bonds is 7. The molecule has 6 aromatic carbocycles. The third-order valence-corrected chi connectivity index (χ3v) is 7.49. The molecule has 6 aromatic rings. The van der Waals surface area contributed by atoms with E-state index in [-0.39, 0.29) is 0 Å². The van der Waals surface area contributed by atoms with Gasteiger partial charge in [0.05, 0.1) is 0 Å². The molecule has 1 unspecified atom stereocenters. The lowest BCUT2D eigenvalue weighted by molar-refractivity contribution is -0.681. The number of hydrogen-bond donors (Lipinski definition) is 1. The lowest BCUT2D eigenvalue weighted by Crippen LogP contribution is -2.96. The molecule has 6 rings (SSSR count). The number of anilines is 2. The molecule has 0 amide bonds. The highest BCUT2D eigenvalue weighted by molar-refractivity contribution is 5.71. The maximum Gasteiger partial charge on any atom is 0.141 e. The maximum atomic E-state index is 2.25. The summed E-state index contributed by atoms with van der Waals surface area (Å²) in [5.41, 5.74) is 12.1. The predicted molar refractivity (Wildman–Crippen MR) is 169 cm³/mol. The summed E-state index contributed by atoms with van der Waals surface area (Å²) >= 11 is 0. The topological polar surface area (TPSA) is 7.68 Å². The fourth-order valence-corrected chi connectivity index (χ4v) is 5.26. The molecule has 2 heteroatoms. The smallest absolute Gasteiger partial charge is 0.141 e. The molecule has 194 valence electrons. The highest BCUT2D eigenvalue weighted by atomic mass is 15.1. The molecule has 0 saturated heterocycles. The Morgan fingerprint density at radius 3 is 1.38 bits per heavy atom. The van der Waals surface area contributed by atoms with Crippen molar-refractivity contribution in [1.82, 2.24) is 0 Å². The first-order valence-corrected chi connectivity index (χ1v) is 13.8. The number of aryl methyl sites for hydroxylation is 1. The Labute approximate surface area is 237 Å². The summed E-state index contributed by atoms with van der Waals surface area (Å²) in [4.78, 5) is 3.46. The van der Waals surface area contributed by atoms with E-state index in [9.17, 15) is 0 Å². The Bertz CT molecular complexity index is 1670. The fraction of sp³-hybridized carbons (Fsp3) is 0.0526. The van der Waals surface area contributed by atoms with Gasteiger partial charge in [0.2, 0.25) is 0 Å². The first-order valence-electron chi connectivity index (χ1n) is 13.8.